The van der Waals surface area contributed by atoms with Crippen LogP contribution in [0.5, 0.6) is 0 Å². The third-order valence-electron chi connectivity index (χ3n) is 2.58. The van der Waals surface area contributed by atoms with Crippen LogP contribution in [-0.2, 0) is 7.05 Å². The zero-order valence-corrected chi connectivity index (χ0v) is 8.33. The van der Waals surface area contributed by atoms with E-state index in [0.29, 0.717) is 18.9 Å². The summed E-state index contributed by atoms with van der Waals surface area (Å²) in [5.74, 6) is 0.623. The average Bonchev–Trinajstić information content (AvgIpc) is 2.47. The third kappa shape index (κ3) is 1.54. The normalized spacial score (nSPS) is 16.5. The second-order valence-corrected chi connectivity index (χ2v) is 3.71. The smallest absolute Gasteiger partial charge is 0.396 e. The van der Waals surface area contributed by atoms with Crippen LogP contribution in [0.2, 0.25) is 0 Å². The molecular weight excluding hydrogens is 200 g/mol. The van der Waals surface area contributed by atoms with Crippen molar-refractivity contribution in [2.45, 2.75) is 0 Å². The van der Waals surface area contributed by atoms with Gasteiger partial charge in [-0.2, -0.15) is 0 Å². The minimum absolute atomic E-state index is 0.117. The standard InChI is InChI=1S/C8H12N4O3/c1-10-5-9-7(12(14)15)8(10)11-2-6(3-11)4-13/h5-6,13H,2-4H2,1H3. The van der Waals surface area contributed by atoms with Gasteiger partial charge in [0.15, 0.2) is 0 Å². The molecule has 0 spiro atoms. The Balaban J connectivity index is 2.21. The maximum absolute atomic E-state index is 10.7. The highest BCUT2D eigenvalue weighted by molar-refractivity contribution is 5.56. The van der Waals surface area contributed by atoms with Gasteiger partial charge in [0.05, 0.1) is 0 Å². The molecule has 1 aromatic heterocycles. The second kappa shape index (κ2) is 3.50. The summed E-state index contributed by atoms with van der Waals surface area (Å²) in [6.45, 7) is 1.43. The van der Waals surface area contributed by atoms with Crippen molar-refractivity contribution < 1.29 is 10.0 Å². The number of nitrogens with zero attached hydrogens (tertiary/aromatic N) is 4. The van der Waals surface area contributed by atoms with Crippen molar-refractivity contribution in [2.24, 2.45) is 13.0 Å². The third-order valence-corrected chi connectivity index (χ3v) is 2.58. The van der Waals surface area contributed by atoms with Crippen molar-refractivity contribution in [2.75, 3.05) is 24.6 Å². The molecule has 0 aromatic carbocycles. The Morgan fingerprint density at radius 3 is 2.93 bits per heavy atom. The van der Waals surface area contributed by atoms with Crippen LogP contribution in [0.4, 0.5) is 11.6 Å². The van der Waals surface area contributed by atoms with Crippen LogP contribution in [0, 0.1) is 16.0 Å². The second-order valence-electron chi connectivity index (χ2n) is 3.71. The Labute approximate surface area is 86.1 Å². The van der Waals surface area contributed by atoms with Gasteiger partial charge in [0.1, 0.15) is 0 Å². The van der Waals surface area contributed by atoms with E-state index in [2.05, 4.69) is 4.98 Å². The number of aliphatic hydroxyl groups excluding tert-OH is 1. The van der Waals surface area contributed by atoms with Crippen molar-refractivity contribution in [1.82, 2.24) is 9.55 Å². The van der Waals surface area contributed by atoms with E-state index in [0.717, 1.165) is 0 Å². The number of nitro groups is 1. The number of imidazole rings is 1. The van der Waals surface area contributed by atoms with Gasteiger partial charge in [-0.05, 0) is 9.91 Å². The van der Waals surface area contributed by atoms with E-state index >= 15 is 0 Å². The fourth-order valence-electron chi connectivity index (χ4n) is 1.76. The van der Waals surface area contributed by atoms with E-state index in [9.17, 15) is 10.1 Å². The largest absolute Gasteiger partial charge is 0.406 e. The zero-order chi connectivity index (χ0) is 11.0. The molecule has 2 rings (SSSR count). The highest BCUT2D eigenvalue weighted by atomic mass is 16.6. The summed E-state index contributed by atoms with van der Waals surface area (Å²) in [7, 11) is 1.72. The van der Waals surface area contributed by atoms with Gasteiger partial charge in [-0.15, -0.1) is 0 Å². The van der Waals surface area contributed by atoms with E-state index in [-0.39, 0.29) is 18.3 Å². The van der Waals surface area contributed by atoms with Gasteiger partial charge in [-0.25, -0.2) is 0 Å². The number of rotatable bonds is 3. The molecule has 82 valence electrons. The lowest BCUT2D eigenvalue weighted by molar-refractivity contribution is -0.388. The molecule has 0 atom stereocenters. The molecule has 15 heavy (non-hydrogen) atoms. The van der Waals surface area contributed by atoms with Crippen molar-refractivity contribution in [1.29, 1.82) is 0 Å². The first-order valence-electron chi connectivity index (χ1n) is 4.65. The molecule has 7 heteroatoms. The fraction of sp³-hybridized carbons (Fsp3) is 0.625. The molecule has 2 heterocycles. The van der Waals surface area contributed by atoms with E-state index < -0.39 is 4.92 Å². The molecule has 1 aromatic rings. The Hall–Kier alpha value is -1.63. The number of aromatic nitrogens is 2. The first kappa shape index (κ1) is 9.91. The van der Waals surface area contributed by atoms with Gasteiger partial charge in [-0.3, -0.25) is 4.57 Å². The van der Waals surface area contributed by atoms with Crippen LogP contribution in [0.1, 0.15) is 0 Å². The minimum atomic E-state index is -0.485. The van der Waals surface area contributed by atoms with E-state index in [1.165, 1.54) is 6.33 Å². The Kier molecular flexibility index (Phi) is 2.31. The molecule has 0 radical (unpaired) electrons. The molecule has 1 saturated heterocycles. The van der Waals surface area contributed by atoms with Gasteiger partial charge in [-0.1, -0.05) is 0 Å². The predicted molar refractivity (Wildman–Crippen MR) is 52.7 cm³/mol. The number of anilines is 1. The van der Waals surface area contributed by atoms with Crippen molar-refractivity contribution in [3.63, 3.8) is 0 Å². The van der Waals surface area contributed by atoms with Gasteiger partial charge in [0.2, 0.25) is 12.1 Å². The molecule has 1 fully saturated rings. The summed E-state index contributed by atoms with van der Waals surface area (Å²) < 4.78 is 1.63. The molecular formula is C8H12N4O3. The van der Waals surface area contributed by atoms with Gasteiger partial charge in [0.25, 0.3) is 0 Å². The molecule has 1 N–H and O–H groups in total. The summed E-state index contributed by atoms with van der Waals surface area (Å²) in [4.78, 5) is 15.8. The SMILES string of the molecule is Cn1cnc([N+](=O)[O-])c1N1CC(CO)C1. The maximum atomic E-state index is 10.7. The molecule has 0 saturated carbocycles. The molecule has 0 amide bonds. The van der Waals surface area contributed by atoms with Gasteiger partial charge >= 0.3 is 5.82 Å². The molecule has 0 bridgehead atoms. The highest BCUT2D eigenvalue weighted by Gasteiger charge is 2.34. The van der Waals surface area contributed by atoms with Crippen molar-refractivity contribution >= 4 is 11.6 Å². The Morgan fingerprint density at radius 1 is 1.73 bits per heavy atom. The van der Waals surface area contributed by atoms with Crippen LogP contribution in [0.25, 0.3) is 0 Å². The quantitative estimate of drug-likeness (QED) is 0.552. The Morgan fingerprint density at radius 2 is 2.40 bits per heavy atom. The minimum Gasteiger partial charge on any atom is -0.396 e. The molecule has 0 unspecified atom stereocenters. The first-order chi connectivity index (χ1) is 7.13. The Bertz CT molecular complexity index is 383. The summed E-state index contributed by atoms with van der Waals surface area (Å²) in [5.41, 5.74) is 0. The van der Waals surface area contributed by atoms with Crippen LogP contribution in [-0.4, -0.2) is 39.3 Å². The predicted octanol–water partition coefficient (Wildman–Crippen LogP) is -0.243. The monoisotopic (exact) mass is 212 g/mol. The summed E-state index contributed by atoms with van der Waals surface area (Å²) >= 11 is 0. The van der Waals surface area contributed by atoms with E-state index in [1.807, 2.05) is 4.90 Å². The summed E-state index contributed by atoms with van der Waals surface area (Å²) in [6.07, 6.45) is 1.43. The van der Waals surface area contributed by atoms with Crippen LogP contribution >= 0.6 is 0 Å². The maximum Gasteiger partial charge on any atom is 0.406 e. The molecule has 1 aliphatic heterocycles. The highest BCUT2D eigenvalue weighted by Crippen LogP contribution is 2.31. The molecule has 7 nitrogen and oxygen atoms in total. The number of aryl methyl sites for hydroxylation is 1. The zero-order valence-electron chi connectivity index (χ0n) is 8.33. The topological polar surface area (TPSA) is 84.4 Å². The van der Waals surface area contributed by atoms with Crippen molar-refractivity contribution in [3.8, 4) is 0 Å². The van der Waals surface area contributed by atoms with Crippen LogP contribution in [0.15, 0.2) is 6.33 Å². The molecule has 1 aliphatic rings. The summed E-state index contributed by atoms with van der Waals surface area (Å²) in [6, 6.07) is 0. The van der Waals surface area contributed by atoms with Gasteiger partial charge in [0, 0.05) is 32.7 Å². The lowest BCUT2D eigenvalue weighted by Crippen LogP contribution is -2.49. The summed E-state index contributed by atoms with van der Waals surface area (Å²) in [5, 5.41) is 19.6. The fourth-order valence-corrected chi connectivity index (χ4v) is 1.76. The molecule has 0 aliphatic carbocycles. The number of hydrogen-bond donors (Lipinski definition) is 1. The lowest BCUT2D eigenvalue weighted by atomic mass is 10.0. The van der Waals surface area contributed by atoms with Crippen LogP contribution in [0.3, 0.4) is 0 Å². The van der Waals surface area contributed by atoms with Crippen LogP contribution < -0.4 is 4.90 Å². The first-order valence-corrected chi connectivity index (χ1v) is 4.65. The van der Waals surface area contributed by atoms with E-state index in [4.69, 9.17) is 5.11 Å². The number of hydrogen-bond acceptors (Lipinski definition) is 5. The van der Waals surface area contributed by atoms with Crippen molar-refractivity contribution in [3.05, 3.63) is 16.4 Å². The average molecular weight is 212 g/mol. The van der Waals surface area contributed by atoms with E-state index in [1.54, 1.807) is 11.6 Å². The lowest BCUT2D eigenvalue weighted by Gasteiger charge is -2.38. The number of aliphatic hydroxyl groups is 1. The van der Waals surface area contributed by atoms with Gasteiger partial charge < -0.3 is 20.1 Å².